The number of amides is 1. The van der Waals surface area contributed by atoms with Crippen LogP contribution in [0, 0.1) is 0 Å². The number of nitrogens with zero attached hydrogens (tertiary/aromatic N) is 1. The minimum Gasteiger partial charge on any atom is -0.399 e. The molecule has 1 aliphatic rings. The zero-order chi connectivity index (χ0) is 16.4. The number of benzene rings is 2. The van der Waals surface area contributed by atoms with Crippen LogP contribution in [0.15, 0.2) is 36.4 Å². The quantitative estimate of drug-likeness (QED) is 0.798. The molecule has 4 nitrogen and oxygen atoms in total. The second kappa shape index (κ2) is 6.69. The molecule has 0 bridgehead atoms. The van der Waals surface area contributed by atoms with Crippen molar-refractivity contribution in [3.05, 3.63) is 52.0 Å². The third kappa shape index (κ3) is 3.71. The molecule has 1 fully saturated rings. The molecule has 1 amide bonds. The van der Waals surface area contributed by atoms with Crippen LogP contribution in [0.2, 0.25) is 10.0 Å². The van der Waals surface area contributed by atoms with Gasteiger partial charge >= 0.3 is 0 Å². The maximum Gasteiger partial charge on any atom is 0.256 e. The first-order valence-corrected chi connectivity index (χ1v) is 8.20. The molecule has 0 unspecified atom stereocenters. The fraction of sp³-hybridized carbons (Fsp3) is 0.235. The summed E-state index contributed by atoms with van der Waals surface area (Å²) in [6.45, 7) is 1.58. The Labute approximate surface area is 145 Å². The van der Waals surface area contributed by atoms with E-state index in [1.807, 2.05) is 4.90 Å². The topological polar surface area (TPSA) is 58.4 Å². The molecule has 23 heavy (non-hydrogen) atoms. The molecule has 0 aromatic heterocycles. The second-order valence-electron chi connectivity index (χ2n) is 5.59. The molecular weight excluding hydrogens is 333 g/mol. The van der Waals surface area contributed by atoms with Crippen LogP contribution in [0.1, 0.15) is 23.2 Å². The van der Waals surface area contributed by atoms with Crippen LogP contribution in [0.3, 0.4) is 0 Å². The van der Waals surface area contributed by atoms with E-state index < -0.39 is 0 Å². The van der Waals surface area contributed by atoms with Gasteiger partial charge in [0.15, 0.2) is 0 Å². The van der Waals surface area contributed by atoms with Crippen molar-refractivity contribution in [2.45, 2.75) is 12.8 Å². The summed E-state index contributed by atoms with van der Waals surface area (Å²) in [6.07, 6.45) is 2.08. The van der Waals surface area contributed by atoms with Gasteiger partial charge in [-0.25, -0.2) is 0 Å². The zero-order valence-corrected chi connectivity index (χ0v) is 14.0. The molecule has 2 aromatic carbocycles. The lowest BCUT2D eigenvalue weighted by atomic mass is 10.1. The van der Waals surface area contributed by atoms with Crippen molar-refractivity contribution < 1.29 is 4.79 Å². The lowest BCUT2D eigenvalue weighted by molar-refractivity contribution is 0.0794. The zero-order valence-electron chi connectivity index (χ0n) is 12.5. The van der Waals surface area contributed by atoms with Crippen LogP contribution >= 0.6 is 23.2 Å². The Morgan fingerprint density at radius 1 is 1.04 bits per heavy atom. The summed E-state index contributed by atoms with van der Waals surface area (Å²) in [4.78, 5) is 14.6. The van der Waals surface area contributed by atoms with Gasteiger partial charge in [-0.2, -0.15) is 0 Å². The van der Waals surface area contributed by atoms with Crippen molar-refractivity contribution >= 4 is 46.2 Å². The molecule has 0 aliphatic carbocycles. The van der Waals surface area contributed by atoms with E-state index in [4.69, 9.17) is 28.9 Å². The first-order chi connectivity index (χ1) is 11.0. The van der Waals surface area contributed by atoms with Crippen LogP contribution < -0.4 is 11.1 Å². The number of carbonyl (C=O) groups excluding carboxylic acids is 1. The van der Waals surface area contributed by atoms with Crippen molar-refractivity contribution in [2.24, 2.45) is 0 Å². The van der Waals surface area contributed by atoms with E-state index in [0.29, 0.717) is 27.0 Å². The van der Waals surface area contributed by atoms with Crippen molar-refractivity contribution in [1.82, 2.24) is 4.90 Å². The molecule has 1 aliphatic heterocycles. The predicted octanol–water partition coefficient (Wildman–Crippen LogP) is 4.56. The van der Waals surface area contributed by atoms with Gasteiger partial charge in [0.25, 0.3) is 5.91 Å². The van der Waals surface area contributed by atoms with Gasteiger partial charge in [0.1, 0.15) is 0 Å². The van der Waals surface area contributed by atoms with Crippen LogP contribution in [-0.2, 0) is 0 Å². The highest BCUT2D eigenvalue weighted by atomic mass is 35.5. The van der Waals surface area contributed by atoms with Crippen LogP contribution in [-0.4, -0.2) is 23.9 Å². The van der Waals surface area contributed by atoms with E-state index in [-0.39, 0.29) is 5.91 Å². The number of rotatable bonds is 3. The number of likely N-dealkylation sites (tertiary alicyclic amines) is 1. The lowest BCUT2D eigenvalue weighted by Gasteiger charge is -2.19. The van der Waals surface area contributed by atoms with Crippen molar-refractivity contribution in [3.63, 3.8) is 0 Å². The molecule has 120 valence electrons. The van der Waals surface area contributed by atoms with Gasteiger partial charge in [0.05, 0.1) is 11.3 Å². The molecule has 3 rings (SSSR count). The van der Waals surface area contributed by atoms with Crippen molar-refractivity contribution in [3.8, 4) is 0 Å². The molecule has 0 saturated carbocycles. The minimum atomic E-state index is -0.00887. The van der Waals surface area contributed by atoms with E-state index >= 15 is 0 Å². The maximum atomic E-state index is 12.7. The summed E-state index contributed by atoms with van der Waals surface area (Å²) in [5.74, 6) is -0.00887. The molecule has 6 heteroatoms. The largest absolute Gasteiger partial charge is 0.399 e. The number of halogens is 2. The summed E-state index contributed by atoms with van der Waals surface area (Å²) in [6, 6.07) is 10.4. The molecule has 0 atom stereocenters. The first-order valence-electron chi connectivity index (χ1n) is 7.45. The standard InChI is InChI=1S/C17H17Cl2N3O/c18-11-7-12(19)9-14(8-11)21-16-4-3-13(20)10-15(16)17(23)22-5-1-2-6-22/h3-4,7-10,21H,1-2,5-6,20H2. The Kier molecular flexibility index (Phi) is 4.64. The highest BCUT2D eigenvalue weighted by molar-refractivity contribution is 6.35. The van der Waals surface area contributed by atoms with E-state index in [1.165, 1.54) is 0 Å². The summed E-state index contributed by atoms with van der Waals surface area (Å²) < 4.78 is 0. The molecular formula is C17H17Cl2N3O. The molecule has 0 radical (unpaired) electrons. The average Bonchev–Trinajstić information content (AvgIpc) is 3.01. The van der Waals surface area contributed by atoms with Gasteiger partial charge in [-0.05, 0) is 49.2 Å². The summed E-state index contributed by atoms with van der Waals surface area (Å²) in [7, 11) is 0. The van der Waals surface area contributed by atoms with Gasteiger partial charge in [0, 0.05) is 34.5 Å². The Morgan fingerprint density at radius 3 is 2.35 bits per heavy atom. The van der Waals surface area contributed by atoms with E-state index in [9.17, 15) is 4.79 Å². The number of nitrogens with one attached hydrogen (secondary N) is 1. The first kappa shape index (κ1) is 16.0. The molecule has 1 heterocycles. The van der Waals surface area contributed by atoms with Crippen LogP contribution in [0.5, 0.6) is 0 Å². The van der Waals surface area contributed by atoms with Gasteiger partial charge in [0.2, 0.25) is 0 Å². The number of anilines is 3. The van der Waals surface area contributed by atoms with Gasteiger partial charge in [-0.3, -0.25) is 4.79 Å². The average molecular weight is 350 g/mol. The number of nitrogens with two attached hydrogens (primary N) is 1. The third-order valence-electron chi connectivity index (χ3n) is 3.81. The highest BCUT2D eigenvalue weighted by Crippen LogP contribution is 2.29. The molecule has 0 spiro atoms. The third-order valence-corrected chi connectivity index (χ3v) is 4.25. The Balaban J connectivity index is 1.93. The second-order valence-corrected chi connectivity index (χ2v) is 6.46. The highest BCUT2D eigenvalue weighted by Gasteiger charge is 2.22. The summed E-state index contributed by atoms with van der Waals surface area (Å²) in [5.41, 5.74) is 8.39. The lowest BCUT2D eigenvalue weighted by Crippen LogP contribution is -2.28. The molecule has 2 aromatic rings. The summed E-state index contributed by atoms with van der Waals surface area (Å²) in [5, 5.41) is 4.27. The van der Waals surface area contributed by atoms with Crippen LogP contribution in [0.4, 0.5) is 17.1 Å². The van der Waals surface area contributed by atoms with Gasteiger partial charge < -0.3 is 16.0 Å². The Morgan fingerprint density at radius 2 is 1.70 bits per heavy atom. The predicted molar refractivity (Wildman–Crippen MR) is 95.7 cm³/mol. The van der Waals surface area contributed by atoms with Crippen molar-refractivity contribution in [1.29, 1.82) is 0 Å². The van der Waals surface area contributed by atoms with E-state index in [1.54, 1.807) is 36.4 Å². The number of carbonyl (C=O) groups is 1. The smallest absolute Gasteiger partial charge is 0.256 e. The number of hydrogen-bond acceptors (Lipinski definition) is 3. The van der Waals surface area contributed by atoms with E-state index in [0.717, 1.165) is 31.6 Å². The van der Waals surface area contributed by atoms with Gasteiger partial charge in [-0.1, -0.05) is 23.2 Å². The minimum absolute atomic E-state index is 0.00887. The normalized spacial score (nSPS) is 14.1. The summed E-state index contributed by atoms with van der Waals surface area (Å²) >= 11 is 12.1. The number of hydrogen-bond donors (Lipinski definition) is 2. The monoisotopic (exact) mass is 349 g/mol. The van der Waals surface area contributed by atoms with Gasteiger partial charge in [-0.15, -0.1) is 0 Å². The van der Waals surface area contributed by atoms with Crippen molar-refractivity contribution in [2.75, 3.05) is 24.1 Å². The molecule has 3 N–H and O–H groups in total. The number of nitrogen functional groups attached to an aromatic ring is 1. The Bertz CT molecular complexity index is 722. The fourth-order valence-corrected chi connectivity index (χ4v) is 3.25. The maximum absolute atomic E-state index is 12.7. The van der Waals surface area contributed by atoms with E-state index in [2.05, 4.69) is 5.32 Å². The fourth-order valence-electron chi connectivity index (χ4n) is 2.72. The van der Waals surface area contributed by atoms with Crippen LogP contribution in [0.25, 0.3) is 0 Å². The Hall–Kier alpha value is -1.91. The molecule has 1 saturated heterocycles. The SMILES string of the molecule is Nc1ccc(Nc2cc(Cl)cc(Cl)c2)c(C(=O)N2CCCC2)c1.